The number of nitrogens with one attached hydrogen (secondary N) is 3. The minimum atomic E-state index is -0.166. The Kier molecular flexibility index (Phi) is 3.88. The van der Waals surface area contributed by atoms with Gasteiger partial charge in [0.15, 0.2) is 0 Å². The van der Waals surface area contributed by atoms with Crippen molar-refractivity contribution in [3.63, 3.8) is 0 Å². The molecule has 0 saturated carbocycles. The summed E-state index contributed by atoms with van der Waals surface area (Å²) in [5, 5.41) is 10.5. The van der Waals surface area contributed by atoms with Crippen LogP contribution in [-0.2, 0) is 0 Å². The first-order chi connectivity index (χ1) is 9.72. The van der Waals surface area contributed by atoms with E-state index in [0.29, 0.717) is 11.7 Å². The summed E-state index contributed by atoms with van der Waals surface area (Å²) >= 11 is 3.31. The number of anilines is 1. The van der Waals surface area contributed by atoms with Crippen LogP contribution in [0.4, 0.5) is 5.69 Å². The molecule has 2 aromatic heterocycles. The van der Waals surface area contributed by atoms with Gasteiger partial charge in [0.1, 0.15) is 5.69 Å². The molecule has 0 aromatic carbocycles. The number of H-pyrrole nitrogens is 1. The van der Waals surface area contributed by atoms with Crippen molar-refractivity contribution in [1.29, 1.82) is 0 Å². The van der Waals surface area contributed by atoms with Crippen molar-refractivity contribution in [3.8, 4) is 0 Å². The first-order valence-corrected chi connectivity index (χ1v) is 7.42. The highest BCUT2D eigenvalue weighted by Crippen LogP contribution is 2.20. The van der Waals surface area contributed by atoms with Gasteiger partial charge in [0.05, 0.1) is 17.9 Å². The number of piperidine rings is 1. The number of aromatic amines is 1. The van der Waals surface area contributed by atoms with Crippen LogP contribution in [-0.4, -0.2) is 33.8 Å². The van der Waals surface area contributed by atoms with Crippen LogP contribution in [0.3, 0.4) is 0 Å². The number of halogens is 1. The third-order valence-corrected chi connectivity index (χ3v) is 3.89. The molecule has 0 bridgehead atoms. The molecular formula is C13H16BrN5O. The van der Waals surface area contributed by atoms with Gasteiger partial charge in [-0.25, -0.2) is 0 Å². The number of nitrogens with zero attached hydrogens (tertiary/aromatic N) is 2. The molecule has 0 unspecified atom stereocenters. The Morgan fingerprint density at radius 1 is 1.45 bits per heavy atom. The molecule has 2 aromatic rings. The number of amides is 1. The van der Waals surface area contributed by atoms with Gasteiger partial charge in [-0.05, 0) is 47.9 Å². The van der Waals surface area contributed by atoms with Gasteiger partial charge < -0.3 is 15.6 Å². The molecular weight excluding hydrogens is 322 g/mol. The number of carbonyl (C=O) groups excluding carboxylic acids is 1. The highest BCUT2D eigenvalue weighted by Gasteiger charge is 2.16. The van der Waals surface area contributed by atoms with E-state index >= 15 is 0 Å². The van der Waals surface area contributed by atoms with Crippen LogP contribution < -0.4 is 10.6 Å². The number of rotatable bonds is 3. The maximum atomic E-state index is 12.0. The zero-order valence-electron chi connectivity index (χ0n) is 10.9. The van der Waals surface area contributed by atoms with E-state index in [2.05, 4.69) is 36.6 Å². The minimum Gasteiger partial charge on any atom is -0.356 e. The molecule has 0 aliphatic carbocycles. The number of carbonyl (C=O) groups is 1. The van der Waals surface area contributed by atoms with Crippen molar-refractivity contribution in [2.75, 3.05) is 18.4 Å². The molecule has 1 aliphatic rings. The number of aromatic nitrogens is 3. The van der Waals surface area contributed by atoms with Crippen LogP contribution >= 0.6 is 15.9 Å². The molecule has 0 radical (unpaired) electrons. The fourth-order valence-electron chi connectivity index (χ4n) is 2.37. The fourth-order valence-corrected chi connectivity index (χ4v) is 2.71. The molecule has 3 heterocycles. The van der Waals surface area contributed by atoms with Gasteiger partial charge in [-0.15, -0.1) is 0 Å². The van der Waals surface area contributed by atoms with Crippen LogP contribution in [0.15, 0.2) is 29.1 Å². The monoisotopic (exact) mass is 337 g/mol. The molecule has 1 saturated heterocycles. The largest absolute Gasteiger partial charge is 0.356 e. The van der Waals surface area contributed by atoms with Gasteiger partial charge in [0.25, 0.3) is 5.91 Å². The lowest BCUT2D eigenvalue weighted by Gasteiger charge is -2.22. The number of hydrogen-bond acceptors (Lipinski definition) is 3. The van der Waals surface area contributed by atoms with Crippen molar-refractivity contribution in [2.45, 2.75) is 18.9 Å². The summed E-state index contributed by atoms with van der Waals surface area (Å²) in [7, 11) is 0. The minimum absolute atomic E-state index is 0.166. The Morgan fingerprint density at radius 2 is 2.25 bits per heavy atom. The summed E-state index contributed by atoms with van der Waals surface area (Å²) in [5.74, 6) is -0.166. The molecule has 1 amide bonds. The third-order valence-electron chi connectivity index (χ3n) is 3.43. The Labute approximate surface area is 125 Å². The Bertz CT molecular complexity index is 599. The van der Waals surface area contributed by atoms with E-state index in [1.807, 2.05) is 10.9 Å². The lowest BCUT2D eigenvalue weighted by molar-refractivity contribution is 0.102. The van der Waals surface area contributed by atoms with E-state index in [9.17, 15) is 4.79 Å². The fraction of sp³-hybridized carbons (Fsp3) is 0.385. The molecule has 1 aliphatic heterocycles. The van der Waals surface area contributed by atoms with E-state index < -0.39 is 0 Å². The van der Waals surface area contributed by atoms with E-state index in [1.165, 1.54) is 0 Å². The van der Waals surface area contributed by atoms with Gasteiger partial charge in [0, 0.05) is 16.9 Å². The summed E-state index contributed by atoms with van der Waals surface area (Å²) in [5.41, 5.74) is 1.24. The van der Waals surface area contributed by atoms with Gasteiger partial charge in [-0.3, -0.25) is 9.48 Å². The van der Waals surface area contributed by atoms with Gasteiger partial charge in [-0.2, -0.15) is 5.10 Å². The average molecular weight is 338 g/mol. The van der Waals surface area contributed by atoms with Crippen molar-refractivity contribution < 1.29 is 4.79 Å². The highest BCUT2D eigenvalue weighted by atomic mass is 79.9. The summed E-state index contributed by atoms with van der Waals surface area (Å²) in [6.45, 7) is 2.03. The SMILES string of the molecule is O=C(Nc1cnn(C2CCNCC2)c1)c1cc(Br)c[nH]1. The first kappa shape index (κ1) is 13.4. The molecule has 1 fully saturated rings. The quantitative estimate of drug-likeness (QED) is 0.803. The molecule has 3 rings (SSSR count). The van der Waals surface area contributed by atoms with Gasteiger partial charge in [-0.1, -0.05) is 0 Å². The normalized spacial score (nSPS) is 16.2. The Morgan fingerprint density at radius 3 is 2.95 bits per heavy atom. The summed E-state index contributed by atoms with van der Waals surface area (Å²) in [6.07, 6.45) is 7.45. The summed E-state index contributed by atoms with van der Waals surface area (Å²) in [4.78, 5) is 14.9. The van der Waals surface area contributed by atoms with Crippen LogP contribution in [0.25, 0.3) is 0 Å². The van der Waals surface area contributed by atoms with Crippen LogP contribution in [0.2, 0.25) is 0 Å². The highest BCUT2D eigenvalue weighted by molar-refractivity contribution is 9.10. The smallest absolute Gasteiger partial charge is 0.272 e. The van der Waals surface area contributed by atoms with Crippen molar-refractivity contribution in [3.05, 3.63) is 34.8 Å². The topological polar surface area (TPSA) is 74.7 Å². The zero-order chi connectivity index (χ0) is 13.9. The average Bonchev–Trinajstić information content (AvgIpc) is 3.09. The molecule has 106 valence electrons. The van der Waals surface area contributed by atoms with E-state index in [-0.39, 0.29) is 5.91 Å². The second kappa shape index (κ2) is 5.80. The second-order valence-corrected chi connectivity index (χ2v) is 5.79. The van der Waals surface area contributed by atoms with Crippen LogP contribution in [0.5, 0.6) is 0 Å². The summed E-state index contributed by atoms with van der Waals surface area (Å²) in [6, 6.07) is 2.16. The molecule has 0 atom stereocenters. The molecule has 3 N–H and O–H groups in total. The van der Waals surface area contributed by atoms with Gasteiger partial charge in [0.2, 0.25) is 0 Å². The molecule has 20 heavy (non-hydrogen) atoms. The molecule has 0 spiro atoms. The molecule has 6 nitrogen and oxygen atoms in total. The zero-order valence-corrected chi connectivity index (χ0v) is 12.5. The third kappa shape index (κ3) is 2.94. The maximum Gasteiger partial charge on any atom is 0.272 e. The van der Waals surface area contributed by atoms with Gasteiger partial charge >= 0.3 is 0 Å². The van der Waals surface area contributed by atoms with E-state index in [1.54, 1.807) is 18.5 Å². The van der Waals surface area contributed by atoms with Crippen LogP contribution in [0, 0.1) is 0 Å². The van der Waals surface area contributed by atoms with Crippen molar-refractivity contribution in [1.82, 2.24) is 20.1 Å². The van der Waals surface area contributed by atoms with Crippen molar-refractivity contribution >= 4 is 27.5 Å². The van der Waals surface area contributed by atoms with Crippen molar-refractivity contribution in [2.24, 2.45) is 0 Å². The standard InChI is InChI=1S/C13H16BrN5O/c14-9-5-12(16-6-9)13(20)18-10-7-17-19(8-10)11-1-3-15-4-2-11/h5-8,11,15-16H,1-4H2,(H,18,20). The van der Waals surface area contributed by atoms with Crippen LogP contribution in [0.1, 0.15) is 29.4 Å². The lowest BCUT2D eigenvalue weighted by Crippen LogP contribution is -2.29. The van der Waals surface area contributed by atoms with E-state index in [0.717, 1.165) is 36.1 Å². The van der Waals surface area contributed by atoms with E-state index in [4.69, 9.17) is 0 Å². The predicted octanol–water partition coefficient (Wildman–Crippen LogP) is 2.15. The molecule has 7 heteroatoms. The first-order valence-electron chi connectivity index (χ1n) is 6.62. The maximum absolute atomic E-state index is 12.0. The Balaban J connectivity index is 1.66. The second-order valence-electron chi connectivity index (χ2n) is 4.88. The predicted molar refractivity (Wildman–Crippen MR) is 79.8 cm³/mol. The summed E-state index contributed by atoms with van der Waals surface area (Å²) < 4.78 is 2.80. The number of hydrogen-bond donors (Lipinski definition) is 3. The lowest BCUT2D eigenvalue weighted by atomic mass is 10.1. The Hall–Kier alpha value is -1.60.